The first kappa shape index (κ1) is 10.1. The van der Waals surface area contributed by atoms with Gasteiger partial charge in [0, 0.05) is 6.20 Å². The van der Waals surface area contributed by atoms with Crippen molar-refractivity contribution in [3.63, 3.8) is 0 Å². The summed E-state index contributed by atoms with van der Waals surface area (Å²) in [5, 5.41) is 9.23. The summed E-state index contributed by atoms with van der Waals surface area (Å²) in [4.78, 5) is 15.2. The normalized spacial score (nSPS) is 19.0. The van der Waals surface area contributed by atoms with Crippen LogP contribution < -0.4 is 0 Å². The summed E-state index contributed by atoms with van der Waals surface area (Å²) in [5.41, 5.74) is -0.999. The van der Waals surface area contributed by atoms with E-state index in [0.29, 0.717) is 12.8 Å². The van der Waals surface area contributed by atoms with Crippen molar-refractivity contribution in [2.75, 3.05) is 0 Å². The molecule has 0 amide bonds. The number of hydrogen-bond acceptors (Lipinski definition) is 2. The first-order chi connectivity index (χ1) is 7.17. The van der Waals surface area contributed by atoms with Crippen LogP contribution in [0.1, 0.15) is 31.4 Å². The molecule has 0 unspecified atom stereocenters. The highest BCUT2D eigenvalue weighted by Crippen LogP contribution is 2.41. The fourth-order valence-electron chi connectivity index (χ4n) is 2.27. The average molecular weight is 209 g/mol. The van der Waals surface area contributed by atoms with Gasteiger partial charge in [0.2, 0.25) is 0 Å². The van der Waals surface area contributed by atoms with Gasteiger partial charge in [0.25, 0.3) is 0 Å². The number of nitrogens with zero attached hydrogens (tertiary/aromatic N) is 1. The molecule has 1 aliphatic carbocycles. The molecule has 1 aliphatic rings. The third kappa shape index (κ3) is 1.50. The van der Waals surface area contributed by atoms with Gasteiger partial charge in [-0.15, -0.1) is 0 Å². The Bertz CT molecular complexity index is 386. The van der Waals surface area contributed by atoms with Crippen molar-refractivity contribution in [3.8, 4) is 0 Å². The fourth-order valence-corrected chi connectivity index (χ4v) is 2.27. The Morgan fingerprint density at radius 3 is 2.67 bits per heavy atom. The van der Waals surface area contributed by atoms with Crippen molar-refractivity contribution in [3.05, 3.63) is 29.8 Å². The van der Waals surface area contributed by atoms with E-state index in [-0.39, 0.29) is 5.69 Å². The lowest BCUT2D eigenvalue weighted by atomic mass is 9.82. The van der Waals surface area contributed by atoms with E-state index in [1.165, 1.54) is 18.3 Å². The molecular weight excluding hydrogens is 197 g/mol. The van der Waals surface area contributed by atoms with Gasteiger partial charge in [0.1, 0.15) is 11.2 Å². The molecule has 0 saturated heterocycles. The lowest BCUT2D eigenvalue weighted by Crippen LogP contribution is -2.34. The number of carbonyl (C=O) groups is 1. The summed E-state index contributed by atoms with van der Waals surface area (Å²) < 4.78 is 13.5. The van der Waals surface area contributed by atoms with Crippen molar-refractivity contribution in [2.24, 2.45) is 0 Å². The van der Waals surface area contributed by atoms with Crippen molar-refractivity contribution in [2.45, 2.75) is 31.1 Å². The predicted molar refractivity (Wildman–Crippen MR) is 52.0 cm³/mol. The highest BCUT2D eigenvalue weighted by Gasteiger charge is 2.45. The van der Waals surface area contributed by atoms with Gasteiger partial charge in [0.15, 0.2) is 0 Å². The summed E-state index contributed by atoms with van der Waals surface area (Å²) in [6.45, 7) is 0. The van der Waals surface area contributed by atoms with Gasteiger partial charge in [-0.1, -0.05) is 12.8 Å². The second kappa shape index (κ2) is 3.61. The summed E-state index contributed by atoms with van der Waals surface area (Å²) in [5.74, 6) is -1.47. The number of carboxylic acid groups (broad SMARTS) is 1. The molecule has 4 heteroatoms. The van der Waals surface area contributed by atoms with Crippen LogP contribution >= 0.6 is 0 Å². The summed E-state index contributed by atoms with van der Waals surface area (Å²) in [6.07, 6.45) is 4.05. The number of carboxylic acids is 1. The molecule has 0 aliphatic heterocycles. The molecule has 0 radical (unpaired) electrons. The maximum atomic E-state index is 13.5. The van der Waals surface area contributed by atoms with Crippen LogP contribution in [0.2, 0.25) is 0 Å². The number of halogens is 1. The molecular formula is C11H12FNO2. The van der Waals surface area contributed by atoms with Gasteiger partial charge in [-0.2, -0.15) is 0 Å². The minimum Gasteiger partial charge on any atom is -0.481 e. The van der Waals surface area contributed by atoms with E-state index in [0.717, 1.165) is 12.8 Å². The van der Waals surface area contributed by atoms with Crippen LogP contribution in [0, 0.1) is 5.82 Å². The van der Waals surface area contributed by atoms with Crippen LogP contribution in [0.15, 0.2) is 18.3 Å². The third-order valence-corrected chi connectivity index (χ3v) is 3.08. The molecule has 15 heavy (non-hydrogen) atoms. The SMILES string of the molecule is O=C(O)C1(c2ncccc2F)CCCC1. The Kier molecular flexibility index (Phi) is 2.42. The topological polar surface area (TPSA) is 50.2 Å². The Labute approximate surface area is 87.0 Å². The van der Waals surface area contributed by atoms with Crippen LogP contribution in [-0.2, 0) is 10.2 Å². The van der Waals surface area contributed by atoms with Crippen molar-refractivity contribution in [1.82, 2.24) is 4.98 Å². The van der Waals surface area contributed by atoms with E-state index in [1.54, 1.807) is 0 Å². The lowest BCUT2D eigenvalue weighted by Gasteiger charge is -2.23. The Hall–Kier alpha value is -1.45. The van der Waals surface area contributed by atoms with Gasteiger partial charge in [-0.3, -0.25) is 9.78 Å². The Morgan fingerprint density at radius 1 is 1.47 bits per heavy atom. The second-order valence-electron chi connectivity index (χ2n) is 3.93. The predicted octanol–water partition coefficient (Wildman–Crippen LogP) is 2.12. The molecule has 2 rings (SSSR count). The number of rotatable bonds is 2. The maximum Gasteiger partial charge on any atom is 0.315 e. The van der Waals surface area contributed by atoms with Gasteiger partial charge >= 0.3 is 5.97 Å². The smallest absolute Gasteiger partial charge is 0.315 e. The van der Waals surface area contributed by atoms with Gasteiger partial charge in [-0.05, 0) is 25.0 Å². The molecule has 3 nitrogen and oxygen atoms in total. The largest absolute Gasteiger partial charge is 0.481 e. The molecule has 0 aromatic carbocycles. The van der Waals surface area contributed by atoms with Crippen LogP contribution in [0.4, 0.5) is 4.39 Å². The Morgan fingerprint density at radius 2 is 2.13 bits per heavy atom. The summed E-state index contributed by atoms with van der Waals surface area (Å²) in [7, 11) is 0. The summed E-state index contributed by atoms with van der Waals surface area (Å²) in [6, 6.07) is 2.74. The monoisotopic (exact) mass is 209 g/mol. The third-order valence-electron chi connectivity index (χ3n) is 3.08. The van der Waals surface area contributed by atoms with Gasteiger partial charge in [-0.25, -0.2) is 4.39 Å². The highest BCUT2D eigenvalue weighted by molar-refractivity contribution is 5.81. The van der Waals surface area contributed by atoms with Crippen LogP contribution in [0.25, 0.3) is 0 Å². The van der Waals surface area contributed by atoms with E-state index in [9.17, 15) is 14.3 Å². The maximum absolute atomic E-state index is 13.5. The molecule has 1 fully saturated rings. The molecule has 1 aromatic rings. The zero-order chi connectivity index (χ0) is 10.9. The van der Waals surface area contributed by atoms with E-state index in [1.807, 2.05) is 0 Å². The van der Waals surface area contributed by atoms with Gasteiger partial charge < -0.3 is 5.11 Å². The van der Waals surface area contributed by atoms with Gasteiger partial charge in [0.05, 0.1) is 5.69 Å². The number of pyridine rings is 1. The zero-order valence-electron chi connectivity index (χ0n) is 8.24. The molecule has 1 aromatic heterocycles. The van der Waals surface area contributed by atoms with E-state index >= 15 is 0 Å². The van der Waals surface area contributed by atoms with E-state index in [2.05, 4.69) is 4.98 Å². The molecule has 80 valence electrons. The van der Waals surface area contributed by atoms with Crippen LogP contribution in [-0.4, -0.2) is 16.1 Å². The molecule has 0 atom stereocenters. The first-order valence-electron chi connectivity index (χ1n) is 5.01. The van der Waals surface area contributed by atoms with Crippen molar-refractivity contribution in [1.29, 1.82) is 0 Å². The van der Waals surface area contributed by atoms with Crippen molar-refractivity contribution >= 4 is 5.97 Å². The standard InChI is InChI=1S/C11H12FNO2/c12-8-4-3-7-13-9(8)11(10(14)15)5-1-2-6-11/h3-4,7H,1-2,5-6H2,(H,14,15). The zero-order valence-corrected chi connectivity index (χ0v) is 8.24. The fraction of sp³-hybridized carbons (Fsp3) is 0.455. The quantitative estimate of drug-likeness (QED) is 0.811. The molecule has 1 N–H and O–H groups in total. The molecule has 1 heterocycles. The Balaban J connectivity index is 2.50. The lowest BCUT2D eigenvalue weighted by molar-refractivity contribution is -0.144. The van der Waals surface area contributed by atoms with E-state index < -0.39 is 17.2 Å². The first-order valence-corrected chi connectivity index (χ1v) is 5.01. The van der Waals surface area contributed by atoms with Crippen molar-refractivity contribution < 1.29 is 14.3 Å². The minimum atomic E-state index is -1.09. The average Bonchev–Trinajstić information content (AvgIpc) is 2.68. The summed E-state index contributed by atoms with van der Waals surface area (Å²) >= 11 is 0. The van der Waals surface area contributed by atoms with E-state index in [4.69, 9.17) is 0 Å². The molecule has 0 spiro atoms. The number of aromatic nitrogens is 1. The molecule has 0 bridgehead atoms. The number of hydrogen-bond donors (Lipinski definition) is 1. The van der Waals surface area contributed by atoms with Crippen LogP contribution in [0.5, 0.6) is 0 Å². The highest BCUT2D eigenvalue weighted by atomic mass is 19.1. The number of aliphatic carboxylic acids is 1. The van der Waals surface area contributed by atoms with Crippen LogP contribution in [0.3, 0.4) is 0 Å². The minimum absolute atomic E-state index is 0.0926. The molecule has 1 saturated carbocycles. The second-order valence-corrected chi connectivity index (χ2v) is 3.93.